The van der Waals surface area contributed by atoms with E-state index in [1.807, 2.05) is 0 Å². The molecule has 0 aliphatic rings. The number of carbonyl (C=O) groups is 1. The first-order valence-corrected chi connectivity index (χ1v) is 6.36. The Labute approximate surface area is 118 Å². The second-order valence-corrected chi connectivity index (χ2v) is 4.14. The summed E-state index contributed by atoms with van der Waals surface area (Å²) in [5.74, 6) is 0.151. The molecule has 1 N–H and O–H groups in total. The van der Waals surface area contributed by atoms with Crippen LogP contribution < -0.4 is 10.1 Å². The number of hydrogen-bond acceptors (Lipinski definition) is 4. The van der Waals surface area contributed by atoms with Gasteiger partial charge in [0, 0.05) is 17.1 Å². The van der Waals surface area contributed by atoms with Crippen molar-refractivity contribution in [2.24, 2.45) is 0 Å². The van der Waals surface area contributed by atoms with E-state index >= 15 is 0 Å². The Morgan fingerprint density at radius 3 is 2.89 bits per heavy atom. The molecular formula is C14H18ClNO3. The number of ether oxygens (including phenoxy) is 2. The molecule has 5 heteroatoms. The Hall–Kier alpha value is -1.52. The van der Waals surface area contributed by atoms with Gasteiger partial charge in [-0.25, -0.2) is 4.79 Å². The second-order valence-electron chi connectivity index (χ2n) is 3.74. The van der Waals surface area contributed by atoms with Gasteiger partial charge < -0.3 is 9.47 Å². The van der Waals surface area contributed by atoms with E-state index in [4.69, 9.17) is 21.1 Å². The molecule has 1 rings (SSSR count). The van der Waals surface area contributed by atoms with Gasteiger partial charge in [-0.2, -0.15) is 0 Å². The van der Waals surface area contributed by atoms with Crippen molar-refractivity contribution >= 4 is 17.6 Å². The molecule has 0 radical (unpaired) electrons. The normalized spacial score (nSPS) is 11.7. The van der Waals surface area contributed by atoms with E-state index in [2.05, 4.69) is 11.9 Å². The Balaban J connectivity index is 3.15. The predicted octanol–water partition coefficient (Wildman–Crippen LogP) is 2.73. The molecule has 0 bridgehead atoms. The fourth-order valence-corrected chi connectivity index (χ4v) is 1.98. The van der Waals surface area contributed by atoms with Crippen molar-refractivity contribution in [2.75, 3.05) is 20.3 Å². The van der Waals surface area contributed by atoms with Crippen LogP contribution in [0.5, 0.6) is 5.75 Å². The summed E-state index contributed by atoms with van der Waals surface area (Å²) in [7, 11) is 1.53. The van der Waals surface area contributed by atoms with Crippen LogP contribution in [0.1, 0.15) is 18.5 Å². The maximum Gasteiger partial charge on any atom is 0.327 e. The van der Waals surface area contributed by atoms with Crippen molar-refractivity contribution < 1.29 is 14.3 Å². The Morgan fingerprint density at radius 2 is 2.32 bits per heavy atom. The lowest BCUT2D eigenvalue weighted by Gasteiger charge is -2.20. The van der Waals surface area contributed by atoms with Gasteiger partial charge in [0.2, 0.25) is 0 Å². The minimum atomic E-state index is -0.679. The van der Waals surface area contributed by atoms with Crippen LogP contribution in [-0.4, -0.2) is 26.2 Å². The first-order valence-electron chi connectivity index (χ1n) is 5.99. The largest absolute Gasteiger partial charge is 0.496 e. The van der Waals surface area contributed by atoms with Crippen molar-refractivity contribution in [3.05, 3.63) is 41.4 Å². The van der Waals surface area contributed by atoms with Gasteiger partial charge in [-0.1, -0.05) is 23.7 Å². The molecule has 1 atom stereocenters. The summed E-state index contributed by atoms with van der Waals surface area (Å²) in [6.45, 7) is 6.13. The highest BCUT2D eigenvalue weighted by Gasteiger charge is 2.26. The smallest absolute Gasteiger partial charge is 0.327 e. The molecule has 1 aromatic carbocycles. The van der Waals surface area contributed by atoms with E-state index in [1.54, 1.807) is 31.2 Å². The summed E-state index contributed by atoms with van der Waals surface area (Å²) in [5.41, 5.74) is 0.576. The Kier molecular flexibility index (Phi) is 6.39. The molecule has 0 amide bonds. The van der Waals surface area contributed by atoms with E-state index in [0.717, 1.165) is 0 Å². The highest BCUT2D eigenvalue weighted by Crippen LogP contribution is 2.32. The zero-order valence-corrected chi connectivity index (χ0v) is 11.9. The lowest BCUT2D eigenvalue weighted by molar-refractivity contribution is -0.145. The van der Waals surface area contributed by atoms with Crippen molar-refractivity contribution in [3.63, 3.8) is 0 Å². The van der Waals surface area contributed by atoms with E-state index in [1.165, 1.54) is 7.11 Å². The van der Waals surface area contributed by atoms with Crippen LogP contribution in [0.3, 0.4) is 0 Å². The van der Waals surface area contributed by atoms with E-state index < -0.39 is 12.0 Å². The molecule has 4 nitrogen and oxygen atoms in total. The van der Waals surface area contributed by atoms with E-state index in [0.29, 0.717) is 29.5 Å². The second kappa shape index (κ2) is 7.81. The average molecular weight is 284 g/mol. The fourth-order valence-electron chi connectivity index (χ4n) is 1.71. The predicted molar refractivity (Wildman–Crippen MR) is 75.6 cm³/mol. The average Bonchev–Trinajstić information content (AvgIpc) is 2.40. The number of halogens is 1. The molecule has 0 fully saturated rings. The fraction of sp³-hybridized carbons (Fsp3) is 0.357. The zero-order valence-electron chi connectivity index (χ0n) is 11.1. The molecule has 0 aliphatic carbocycles. The SMILES string of the molecule is C=CCNC(C(=O)OCC)c1c(Cl)cccc1OC. The molecule has 1 unspecified atom stereocenters. The number of rotatable bonds is 7. The highest BCUT2D eigenvalue weighted by molar-refractivity contribution is 6.31. The van der Waals surface area contributed by atoms with Crippen LogP contribution in [0.25, 0.3) is 0 Å². The van der Waals surface area contributed by atoms with Gasteiger partial charge in [0.15, 0.2) is 0 Å². The number of hydrogen-bond donors (Lipinski definition) is 1. The van der Waals surface area contributed by atoms with Crippen molar-refractivity contribution in [1.29, 1.82) is 0 Å². The number of benzene rings is 1. The monoisotopic (exact) mass is 283 g/mol. The highest BCUT2D eigenvalue weighted by atomic mass is 35.5. The van der Waals surface area contributed by atoms with Crippen LogP contribution >= 0.6 is 11.6 Å². The van der Waals surface area contributed by atoms with Gasteiger partial charge in [-0.15, -0.1) is 6.58 Å². The molecule has 0 aromatic heterocycles. The molecule has 104 valence electrons. The molecule has 0 saturated carbocycles. The summed E-state index contributed by atoms with van der Waals surface area (Å²) >= 11 is 6.17. The minimum absolute atomic E-state index is 0.303. The van der Waals surface area contributed by atoms with Crippen LogP contribution in [0, 0.1) is 0 Å². The maximum atomic E-state index is 12.0. The Bertz CT molecular complexity index is 448. The summed E-state index contributed by atoms with van der Waals surface area (Å²) in [6.07, 6.45) is 1.66. The van der Waals surface area contributed by atoms with Gasteiger partial charge in [-0.3, -0.25) is 5.32 Å². The number of esters is 1. The summed E-state index contributed by atoms with van der Waals surface area (Å²) in [4.78, 5) is 12.0. The third-order valence-corrected chi connectivity index (χ3v) is 2.84. The number of nitrogens with one attached hydrogen (secondary N) is 1. The van der Waals surface area contributed by atoms with Gasteiger partial charge in [0.05, 0.1) is 13.7 Å². The van der Waals surface area contributed by atoms with Crippen molar-refractivity contribution in [2.45, 2.75) is 13.0 Å². The van der Waals surface area contributed by atoms with Gasteiger partial charge in [-0.05, 0) is 19.1 Å². The van der Waals surface area contributed by atoms with Gasteiger partial charge >= 0.3 is 5.97 Å². The molecule has 19 heavy (non-hydrogen) atoms. The van der Waals surface area contributed by atoms with Gasteiger partial charge in [0.1, 0.15) is 11.8 Å². The third-order valence-electron chi connectivity index (χ3n) is 2.51. The van der Waals surface area contributed by atoms with Crippen LogP contribution in [0.2, 0.25) is 5.02 Å². The lowest BCUT2D eigenvalue weighted by atomic mass is 10.1. The van der Waals surface area contributed by atoms with Crippen molar-refractivity contribution in [1.82, 2.24) is 5.32 Å². The summed E-state index contributed by atoms with van der Waals surface area (Å²) < 4.78 is 10.3. The van der Waals surface area contributed by atoms with Crippen LogP contribution in [-0.2, 0) is 9.53 Å². The standard InChI is InChI=1S/C14H18ClNO3/c1-4-9-16-13(14(17)19-5-2)12-10(15)7-6-8-11(12)18-3/h4,6-8,13,16H,1,5,9H2,2-3H3. The zero-order chi connectivity index (χ0) is 14.3. The quantitative estimate of drug-likeness (QED) is 0.617. The molecule has 0 saturated heterocycles. The van der Waals surface area contributed by atoms with Crippen molar-refractivity contribution in [3.8, 4) is 5.75 Å². The molecule has 1 aromatic rings. The summed E-state index contributed by atoms with van der Waals surface area (Å²) in [5, 5.41) is 3.48. The first kappa shape index (κ1) is 15.5. The topological polar surface area (TPSA) is 47.6 Å². The minimum Gasteiger partial charge on any atom is -0.496 e. The molecule has 0 heterocycles. The van der Waals surface area contributed by atoms with E-state index in [9.17, 15) is 4.79 Å². The Morgan fingerprint density at radius 1 is 1.58 bits per heavy atom. The summed E-state index contributed by atoms with van der Waals surface area (Å²) in [6, 6.07) is 4.55. The van der Waals surface area contributed by atoms with Crippen LogP contribution in [0.15, 0.2) is 30.9 Å². The maximum absolute atomic E-state index is 12.0. The molecule has 0 spiro atoms. The third kappa shape index (κ3) is 3.98. The lowest BCUT2D eigenvalue weighted by Crippen LogP contribution is -2.31. The molecule has 0 aliphatic heterocycles. The number of methoxy groups -OCH3 is 1. The first-order chi connectivity index (χ1) is 9.15. The van der Waals surface area contributed by atoms with E-state index in [-0.39, 0.29) is 0 Å². The number of carbonyl (C=O) groups excluding carboxylic acids is 1. The van der Waals surface area contributed by atoms with Crippen LogP contribution in [0.4, 0.5) is 0 Å². The van der Waals surface area contributed by atoms with Gasteiger partial charge in [0.25, 0.3) is 0 Å². The molecular weight excluding hydrogens is 266 g/mol.